The van der Waals surface area contributed by atoms with Crippen LogP contribution in [0.1, 0.15) is 16.1 Å². The summed E-state index contributed by atoms with van der Waals surface area (Å²) < 4.78 is 14.9. The van der Waals surface area contributed by atoms with Crippen molar-refractivity contribution in [3.05, 3.63) is 44.8 Å². The maximum Gasteiger partial charge on any atom is 0.268 e. The fourth-order valence-corrected chi connectivity index (χ4v) is 1.91. The maximum atomic E-state index is 14.0. The van der Waals surface area contributed by atoms with E-state index in [2.05, 4.69) is 21.2 Å². The largest absolute Gasteiger partial charge is 0.504 e. The molecule has 0 atom stereocenters. The SMILES string of the molecule is C#CCn1c(C)c(F)c(O)c(C(=O)Nc2ncc(Cl)cn2)c1=O. The number of hydrogen-bond acceptors (Lipinski definition) is 5. The van der Waals surface area contributed by atoms with Gasteiger partial charge in [0.05, 0.1) is 29.7 Å². The van der Waals surface area contributed by atoms with Gasteiger partial charge in [-0.05, 0) is 6.92 Å². The normalized spacial score (nSPS) is 10.2. The van der Waals surface area contributed by atoms with E-state index in [-0.39, 0.29) is 23.2 Å². The molecule has 2 heterocycles. The van der Waals surface area contributed by atoms with Crippen LogP contribution < -0.4 is 10.9 Å². The van der Waals surface area contributed by atoms with Gasteiger partial charge in [-0.1, -0.05) is 17.5 Å². The van der Waals surface area contributed by atoms with Crippen molar-refractivity contribution in [1.82, 2.24) is 14.5 Å². The first-order valence-electron chi connectivity index (χ1n) is 6.21. The Bertz CT molecular complexity index is 872. The number of aromatic hydroxyl groups is 1. The molecule has 118 valence electrons. The van der Waals surface area contributed by atoms with E-state index in [1.54, 1.807) is 0 Å². The lowest BCUT2D eigenvalue weighted by Crippen LogP contribution is -2.32. The minimum atomic E-state index is -1.11. The predicted molar refractivity (Wildman–Crippen MR) is 80.9 cm³/mol. The van der Waals surface area contributed by atoms with Gasteiger partial charge < -0.3 is 5.11 Å². The minimum absolute atomic E-state index is 0.164. The van der Waals surface area contributed by atoms with E-state index >= 15 is 0 Å². The summed E-state index contributed by atoms with van der Waals surface area (Å²) in [4.78, 5) is 31.8. The van der Waals surface area contributed by atoms with Gasteiger partial charge in [-0.15, -0.1) is 6.42 Å². The van der Waals surface area contributed by atoms with E-state index < -0.39 is 28.6 Å². The van der Waals surface area contributed by atoms with Crippen LogP contribution in [0.25, 0.3) is 0 Å². The molecule has 0 bridgehead atoms. The summed E-state index contributed by atoms with van der Waals surface area (Å²) in [5.41, 5.74) is -1.89. The molecule has 0 unspecified atom stereocenters. The molecule has 0 aliphatic carbocycles. The van der Waals surface area contributed by atoms with Crippen LogP contribution in [0.2, 0.25) is 5.02 Å². The first-order valence-corrected chi connectivity index (χ1v) is 6.58. The second-order valence-corrected chi connectivity index (χ2v) is 4.83. The smallest absolute Gasteiger partial charge is 0.268 e. The maximum absolute atomic E-state index is 14.0. The first-order chi connectivity index (χ1) is 10.9. The van der Waals surface area contributed by atoms with Gasteiger partial charge in [0.1, 0.15) is 5.56 Å². The number of anilines is 1. The van der Waals surface area contributed by atoms with Crippen LogP contribution in [0.3, 0.4) is 0 Å². The van der Waals surface area contributed by atoms with Gasteiger partial charge in [-0.2, -0.15) is 0 Å². The Hall–Kier alpha value is -2.92. The Kier molecular flexibility index (Phi) is 4.62. The van der Waals surface area contributed by atoms with Crippen molar-refractivity contribution < 1.29 is 14.3 Å². The number of nitrogens with one attached hydrogen (secondary N) is 1. The Balaban J connectivity index is 2.50. The van der Waals surface area contributed by atoms with Gasteiger partial charge >= 0.3 is 0 Å². The Morgan fingerprint density at radius 3 is 2.70 bits per heavy atom. The zero-order valence-corrected chi connectivity index (χ0v) is 12.6. The monoisotopic (exact) mass is 336 g/mol. The average molecular weight is 337 g/mol. The second kappa shape index (κ2) is 6.46. The van der Waals surface area contributed by atoms with Gasteiger partial charge in [0.2, 0.25) is 5.95 Å². The number of rotatable bonds is 3. The van der Waals surface area contributed by atoms with Crippen molar-refractivity contribution in [3.63, 3.8) is 0 Å². The van der Waals surface area contributed by atoms with E-state index in [0.29, 0.717) is 0 Å². The number of pyridine rings is 1. The van der Waals surface area contributed by atoms with Crippen LogP contribution in [0, 0.1) is 25.1 Å². The fraction of sp³-hybridized carbons (Fsp3) is 0.143. The molecule has 0 aromatic carbocycles. The van der Waals surface area contributed by atoms with E-state index in [0.717, 1.165) is 4.57 Å². The molecule has 0 radical (unpaired) electrons. The topological polar surface area (TPSA) is 97.1 Å². The molecule has 0 fully saturated rings. The van der Waals surface area contributed by atoms with Crippen molar-refractivity contribution in [2.24, 2.45) is 0 Å². The number of carbonyl (C=O) groups is 1. The van der Waals surface area contributed by atoms with Gasteiger partial charge in [-0.3, -0.25) is 19.5 Å². The van der Waals surface area contributed by atoms with Crippen LogP contribution in [0.4, 0.5) is 10.3 Å². The Morgan fingerprint density at radius 1 is 1.52 bits per heavy atom. The quantitative estimate of drug-likeness (QED) is 0.824. The number of terminal acetylenes is 1. The molecule has 0 aliphatic heterocycles. The van der Waals surface area contributed by atoms with Gasteiger partial charge in [0.15, 0.2) is 11.6 Å². The highest BCUT2D eigenvalue weighted by molar-refractivity contribution is 6.30. The number of carbonyl (C=O) groups excluding carboxylic acids is 1. The third kappa shape index (κ3) is 3.14. The molecule has 0 spiro atoms. The van der Waals surface area contributed by atoms with Gasteiger partial charge in [0.25, 0.3) is 11.5 Å². The number of halogens is 2. The molecule has 2 aromatic heterocycles. The summed E-state index contributed by atoms with van der Waals surface area (Å²) in [6.07, 6.45) is 7.56. The van der Waals surface area contributed by atoms with Crippen molar-refractivity contribution in [3.8, 4) is 18.1 Å². The molecule has 2 rings (SSSR count). The zero-order chi connectivity index (χ0) is 17.1. The summed E-state index contributed by atoms with van der Waals surface area (Å²) in [6.45, 7) is 1.01. The van der Waals surface area contributed by atoms with Crippen LogP contribution in [0.15, 0.2) is 17.2 Å². The van der Waals surface area contributed by atoms with Crippen LogP contribution in [-0.2, 0) is 6.54 Å². The number of amides is 1. The van der Waals surface area contributed by atoms with Crippen molar-refractivity contribution in [1.29, 1.82) is 0 Å². The molecule has 2 aromatic rings. The lowest BCUT2D eigenvalue weighted by atomic mass is 10.2. The van der Waals surface area contributed by atoms with Gasteiger partial charge in [0, 0.05) is 0 Å². The zero-order valence-electron chi connectivity index (χ0n) is 11.8. The summed E-state index contributed by atoms with van der Waals surface area (Å²) in [7, 11) is 0. The molecular formula is C14H10ClFN4O3. The van der Waals surface area contributed by atoms with Crippen molar-refractivity contribution in [2.45, 2.75) is 13.5 Å². The highest BCUT2D eigenvalue weighted by Gasteiger charge is 2.25. The first kappa shape index (κ1) is 16.5. The van der Waals surface area contributed by atoms with Crippen LogP contribution >= 0.6 is 11.6 Å². The van der Waals surface area contributed by atoms with E-state index in [1.165, 1.54) is 19.3 Å². The Labute approximate surface area is 134 Å². The molecule has 0 saturated carbocycles. The molecule has 0 saturated heterocycles. The summed E-state index contributed by atoms with van der Waals surface area (Å²) >= 11 is 5.61. The molecule has 2 N–H and O–H groups in total. The van der Waals surface area contributed by atoms with E-state index in [1.807, 2.05) is 0 Å². The van der Waals surface area contributed by atoms with Crippen LogP contribution in [0.5, 0.6) is 5.75 Å². The third-order valence-electron chi connectivity index (χ3n) is 2.95. The lowest BCUT2D eigenvalue weighted by molar-refractivity contribution is 0.102. The van der Waals surface area contributed by atoms with Crippen LogP contribution in [-0.4, -0.2) is 25.5 Å². The minimum Gasteiger partial charge on any atom is -0.504 e. The molecule has 1 amide bonds. The lowest BCUT2D eigenvalue weighted by Gasteiger charge is -2.12. The van der Waals surface area contributed by atoms with Gasteiger partial charge in [-0.25, -0.2) is 14.4 Å². The predicted octanol–water partition coefficient (Wildman–Crippen LogP) is 1.33. The highest BCUT2D eigenvalue weighted by atomic mass is 35.5. The van der Waals surface area contributed by atoms with E-state index in [9.17, 15) is 19.1 Å². The molecule has 0 aliphatic rings. The molecule has 23 heavy (non-hydrogen) atoms. The summed E-state index contributed by atoms with van der Waals surface area (Å²) in [5.74, 6) is -1.23. The molecule has 7 nitrogen and oxygen atoms in total. The number of hydrogen-bond donors (Lipinski definition) is 2. The molecule has 9 heteroatoms. The standard InChI is InChI=1S/C14H10ClFN4O3/c1-3-4-20-7(2)10(16)11(21)9(13(20)23)12(22)19-14-17-5-8(15)6-18-14/h1,5-6,21H,4H2,2H3,(H,17,18,19,22). The van der Waals surface area contributed by atoms with E-state index in [4.69, 9.17) is 18.0 Å². The second-order valence-electron chi connectivity index (χ2n) is 4.40. The summed E-state index contributed by atoms with van der Waals surface area (Å²) in [5, 5.41) is 12.2. The number of aromatic nitrogens is 3. The molecular weight excluding hydrogens is 327 g/mol. The Morgan fingerprint density at radius 2 is 2.13 bits per heavy atom. The fourth-order valence-electron chi connectivity index (χ4n) is 1.82. The van der Waals surface area contributed by atoms with Crippen molar-refractivity contribution in [2.75, 3.05) is 5.32 Å². The van der Waals surface area contributed by atoms with Crippen molar-refractivity contribution >= 4 is 23.5 Å². The number of nitrogens with zero attached hydrogens (tertiary/aromatic N) is 3. The highest BCUT2D eigenvalue weighted by Crippen LogP contribution is 2.21. The summed E-state index contributed by atoms with van der Waals surface area (Å²) in [6, 6.07) is 0. The third-order valence-corrected chi connectivity index (χ3v) is 3.14. The average Bonchev–Trinajstić information content (AvgIpc) is 2.52.